The Kier molecular flexibility index (Phi) is 6.01. The molecule has 1 heterocycles. The van der Waals surface area contributed by atoms with E-state index in [0.29, 0.717) is 29.4 Å². The Morgan fingerprint density at radius 3 is 2.71 bits per heavy atom. The minimum atomic E-state index is -0.294. The first kappa shape index (κ1) is 19.1. The second-order valence-electron chi connectivity index (χ2n) is 5.89. The number of carbonyl (C=O) groups excluding carboxylic acids is 1. The van der Waals surface area contributed by atoms with Crippen LogP contribution in [0, 0.1) is 5.82 Å². The highest BCUT2D eigenvalue weighted by molar-refractivity contribution is 5.97. The van der Waals surface area contributed by atoms with Crippen LogP contribution >= 0.6 is 0 Å². The quantitative estimate of drug-likeness (QED) is 0.670. The normalized spacial score (nSPS) is 10.8. The van der Waals surface area contributed by atoms with E-state index in [1.54, 1.807) is 53.3 Å². The van der Waals surface area contributed by atoms with Crippen molar-refractivity contribution in [1.29, 1.82) is 0 Å². The van der Waals surface area contributed by atoms with Gasteiger partial charge in [-0.25, -0.2) is 9.37 Å². The summed E-state index contributed by atoms with van der Waals surface area (Å²) in [6.07, 6.45) is 7.03. The van der Waals surface area contributed by atoms with Gasteiger partial charge in [-0.2, -0.15) is 0 Å². The topological polar surface area (TPSA) is 56.2 Å². The minimum absolute atomic E-state index is 0.221. The third-order valence-corrected chi connectivity index (χ3v) is 4.10. The van der Waals surface area contributed by atoms with Gasteiger partial charge in [0.1, 0.15) is 17.4 Å². The summed E-state index contributed by atoms with van der Waals surface area (Å²) in [6.45, 7) is 4.10. The molecule has 0 saturated carbocycles. The Hall–Kier alpha value is -3.67. The largest absolute Gasteiger partial charge is 0.496 e. The number of aromatic nitrogens is 2. The average Bonchev–Trinajstić information content (AvgIpc) is 3.14. The smallest absolute Gasteiger partial charge is 0.255 e. The molecule has 2 aromatic carbocycles. The Morgan fingerprint density at radius 1 is 1.25 bits per heavy atom. The van der Waals surface area contributed by atoms with Crippen molar-refractivity contribution >= 4 is 18.2 Å². The fraction of sp³-hybridized carbons (Fsp3) is 0.0909. The van der Waals surface area contributed by atoms with Crippen LogP contribution in [-0.4, -0.2) is 29.1 Å². The SMILES string of the molecule is C=Cn1cc(-c2ccc(F)cc2)nc1/C=C\CNC(=O)c1ccccc1OC. The molecule has 0 saturated heterocycles. The second-order valence-corrected chi connectivity index (χ2v) is 5.89. The molecular formula is C22H20FN3O2. The van der Waals surface area contributed by atoms with E-state index in [1.165, 1.54) is 19.2 Å². The van der Waals surface area contributed by atoms with Gasteiger partial charge in [-0.15, -0.1) is 0 Å². The fourth-order valence-electron chi connectivity index (χ4n) is 2.68. The van der Waals surface area contributed by atoms with Crippen LogP contribution in [0.25, 0.3) is 23.5 Å². The lowest BCUT2D eigenvalue weighted by Crippen LogP contribution is -2.23. The van der Waals surface area contributed by atoms with Gasteiger partial charge in [0.2, 0.25) is 0 Å². The molecule has 0 radical (unpaired) electrons. The number of amides is 1. The summed E-state index contributed by atoms with van der Waals surface area (Å²) < 4.78 is 20.1. The van der Waals surface area contributed by atoms with Crippen molar-refractivity contribution in [3.05, 3.63) is 84.6 Å². The van der Waals surface area contributed by atoms with Gasteiger partial charge >= 0.3 is 0 Å². The maximum absolute atomic E-state index is 13.1. The van der Waals surface area contributed by atoms with Gasteiger partial charge < -0.3 is 14.6 Å². The minimum Gasteiger partial charge on any atom is -0.496 e. The van der Waals surface area contributed by atoms with Crippen molar-refractivity contribution in [2.45, 2.75) is 0 Å². The number of methoxy groups -OCH3 is 1. The third-order valence-electron chi connectivity index (χ3n) is 4.10. The highest BCUT2D eigenvalue weighted by Crippen LogP contribution is 2.20. The molecule has 3 rings (SSSR count). The van der Waals surface area contributed by atoms with E-state index < -0.39 is 0 Å². The molecule has 3 aromatic rings. The van der Waals surface area contributed by atoms with Crippen LogP contribution in [0.2, 0.25) is 0 Å². The number of hydrogen-bond donors (Lipinski definition) is 1. The Morgan fingerprint density at radius 2 is 2.00 bits per heavy atom. The summed E-state index contributed by atoms with van der Waals surface area (Å²) in [4.78, 5) is 16.8. The number of ether oxygens (including phenoxy) is 1. The summed E-state index contributed by atoms with van der Waals surface area (Å²) in [5, 5.41) is 2.82. The van der Waals surface area contributed by atoms with Crippen molar-refractivity contribution in [1.82, 2.24) is 14.9 Å². The van der Waals surface area contributed by atoms with Crippen molar-refractivity contribution < 1.29 is 13.9 Å². The summed E-state index contributed by atoms with van der Waals surface area (Å²) in [5.74, 6) is 0.662. The van der Waals surface area contributed by atoms with Crippen LogP contribution < -0.4 is 10.1 Å². The molecule has 6 heteroatoms. The predicted octanol–water partition coefficient (Wildman–Crippen LogP) is 4.24. The number of nitrogens with zero attached hydrogens (tertiary/aromatic N) is 2. The van der Waals surface area contributed by atoms with E-state index in [0.717, 1.165) is 5.56 Å². The molecule has 0 fully saturated rings. The van der Waals surface area contributed by atoms with Gasteiger partial charge in [-0.3, -0.25) is 4.79 Å². The molecule has 0 atom stereocenters. The van der Waals surface area contributed by atoms with Crippen LogP contribution in [0.3, 0.4) is 0 Å². The molecule has 1 N–H and O–H groups in total. The second kappa shape index (κ2) is 8.81. The predicted molar refractivity (Wildman–Crippen MR) is 108 cm³/mol. The van der Waals surface area contributed by atoms with E-state index in [4.69, 9.17) is 4.74 Å². The molecule has 0 aliphatic rings. The highest BCUT2D eigenvalue weighted by Gasteiger charge is 2.10. The number of carbonyl (C=O) groups is 1. The third kappa shape index (κ3) is 4.35. The summed E-state index contributed by atoms with van der Waals surface area (Å²) in [7, 11) is 1.53. The molecule has 1 amide bonds. The van der Waals surface area contributed by atoms with Crippen LogP contribution in [-0.2, 0) is 0 Å². The van der Waals surface area contributed by atoms with Gasteiger partial charge in [0.25, 0.3) is 5.91 Å². The zero-order valence-corrected chi connectivity index (χ0v) is 15.4. The highest BCUT2D eigenvalue weighted by atomic mass is 19.1. The first-order valence-corrected chi connectivity index (χ1v) is 8.67. The lowest BCUT2D eigenvalue weighted by molar-refractivity contribution is 0.0955. The van der Waals surface area contributed by atoms with Gasteiger partial charge in [0.15, 0.2) is 0 Å². The molecule has 5 nitrogen and oxygen atoms in total. The van der Waals surface area contributed by atoms with Gasteiger partial charge in [-0.05, 0) is 42.5 Å². The van der Waals surface area contributed by atoms with Crippen molar-refractivity contribution in [2.24, 2.45) is 0 Å². The first-order chi connectivity index (χ1) is 13.6. The van der Waals surface area contributed by atoms with Crippen molar-refractivity contribution in [3.63, 3.8) is 0 Å². The van der Waals surface area contributed by atoms with Crippen LogP contribution in [0.15, 0.2) is 67.4 Å². The lowest BCUT2D eigenvalue weighted by Gasteiger charge is -2.07. The Balaban J connectivity index is 1.68. The van der Waals surface area contributed by atoms with E-state index in [9.17, 15) is 9.18 Å². The maximum Gasteiger partial charge on any atom is 0.255 e. The van der Waals surface area contributed by atoms with Gasteiger partial charge in [0.05, 0.1) is 18.4 Å². The average molecular weight is 377 g/mol. The lowest BCUT2D eigenvalue weighted by atomic mass is 10.2. The number of imidazole rings is 1. The number of hydrogen-bond acceptors (Lipinski definition) is 3. The fourth-order valence-corrected chi connectivity index (χ4v) is 2.68. The Bertz CT molecular complexity index is 1010. The maximum atomic E-state index is 13.1. The van der Waals surface area contributed by atoms with Crippen LogP contribution in [0.4, 0.5) is 4.39 Å². The zero-order chi connectivity index (χ0) is 19.9. The summed E-state index contributed by atoms with van der Waals surface area (Å²) in [6, 6.07) is 13.2. The van der Waals surface area contributed by atoms with Crippen molar-refractivity contribution in [2.75, 3.05) is 13.7 Å². The molecule has 0 aliphatic carbocycles. The molecule has 1 aromatic heterocycles. The molecule has 28 heavy (non-hydrogen) atoms. The molecule has 0 bridgehead atoms. The molecule has 142 valence electrons. The number of nitrogens with one attached hydrogen (secondary N) is 1. The zero-order valence-electron chi connectivity index (χ0n) is 15.4. The number of rotatable bonds is 7. The number of halogens is 1. The van der Waals surface area contributed by atoms with E-state index in [1.807, 2.05) is 12.3 Å². The van der Waals surface area contributed by atoms with E-state index in [2.05, 4.69) is 16.9 Å². The number of para-hydroxylation sites is 1. The van der Waals surface area contributed by atoms with Crippen molar-refractivity contribution in [3.8, 4) is 17.0 Å². The van der Waals surface area contributed by atoms with E-state index >= 15 is 0 Å². The molecule has 0 aliphatic heterocycles. The summed E-state index contributed by atoms with van der Waals surface area (Å²) in [5.41, 5.74) is 1.99. The van der Waals surface area contributed by atoms with Gasteiger partial charge in [-0.1, -0.05) is 24.8 Å². The Labute approximate surface area is 162 Å². The monoisotopic (exact) mass is 377 g/mol. The number of benzene rings is 2. The van der Waals surface area contributed by atoms with Crippen LogP contribution in [0.1, 0.15) is 16.2 Å². The van der Waals surface area contributed by atoms with Crippen LogP contribution in [0.5, 0.6) is 5.75 Å². The molecule has 0 unspecified atom stereocenters. The molecular weight excluding hydrogens is 357 g/mol. The standard InChI is InChI=1S/C22H20FN3O2/c1-3-26-15-19(16-10-12-17(23)13-11-16)25-21(26)9-6-14-24-22(27)18-7-4-5-8-20(18)28-2/h3-13,15H,1,14H2,2H3,(H,24,27)/b9-6-. The van der Waals surface area contributed by atoms with Gasteiger partial charge in [0, 0.05) is 24.5 Å². The van der Waals surface area contributed by atoms with E-state index in [-0.39, 0.29) is 11.7 Å². The first-order valence-electron chi connectivity index (χ1n) is 8.67. The molecule has 0 spiro atoms. The summed E-state index contributed by atoms with van der Waals surface area (Å²) >= 11 is 0.